The maximum absolute atomic E-state index is 10.3. The second kappa shape index (κ2) is 5.16. The SMILES string of the molecule is O=C(O)CCCC[C@@H]1SC[C@@H]2NON[C@@H]21. The fourth-order valence-electron chi connectivity index (χ4n) is 2.02. The molecule has 2 fully saturated rings. The van der Waals surface area contributed by atoms with E-state index in [2.05, 4.69) is 11.0 Å². The van der Waals surface area contributed by atoms with E-state index in [4.69, 9.17) is 10.0 Å². The van der Waals surface area contributed by atoms with Gasteiger partial charge in [-0.3, -0.25) is 4.79 Å². The first-order chi connectivity index (χ1) is 7.27. The lowest BCUT2D eigenvalue weighted by molar-refractivity contribution is -0.137. The normalized spacial score (nSPS) is 34.3. The lowest BCUT2D eigenvalue weighted by Gasteiger charge is -2.14. The number of hydroxylamine groups is 2. The molecule has 0 saturated carbocycles. The summed E-state index contributed by atoms with van der Waals surface area (Å²) < 4.78 is 0. The molecule has 0 aromatic rings. The minimum absolute atomic E-state index is 0.285. The van der Waals surface area contributed by atoms with Crippen molar-refractivity contribution in [3.05, 3.63) is 0 Å². The Bertz CT molecular complexity index is 239. The van der Waals surface area contributed by atoms with Gasteiger partial charge in [0, 0.05) is 17.4 Å². The summed E-state index contributed by atoms with van der Waals surface area (Å²) in [5.74, 6) is 0.372. The van der Waals surface area contributed by atoms with Crippen LogP contribution < -0.4 is 11.0 Å². The van der Waals surface area contributed by atoms with Crippen LogP contribution in [0.3, 0.4) is 0 Å². The summed E-state index contributed by atoms with van der Waals surface area (Å²) in [7, 11) is 0. The number of carboxylic acid groups (broad SMARTS) is 1. The molecule has 5 nitrogen and oxygen atoms in total. The summed E-state index contributed by atoms with van der Waals surface area (Å²) >= 11 is 1.94. The number of thioether (sulfide) groups is 1. The smallest absolute Gasteiger partial charge is 0.303 e. The highest BCUT2D eigenvalue weighted by Gasteiger charge is 2.40. The minimum Gasteiger partial charge on any atom is -0.481 e. The zero-order chi connectivity index (χ0) is 10.7. The number of hydrogen-bond donors (Lipinski definition) is 3. The molecule has 0 bridgehead atoms. The molecule has 2 rings (SSSR count). The van der Waals surface area contributed by atoms with Crippen molar-refractivity contribution in [2.75, 3.05) is 5.75 Å². The molecular weight excluding hydrogens is 216 g/mol. The molecule has 86 valence electrons. The summed E-state index contributed by atoms with van der Waals surface area (Å²) in [5, 5.41) is 9.06. The standard InChI is InChI=1S/C9H16N2O3S/c12-8(13)4-2-1-3-7-9-6(5-15-7)10-14-11-9/h6-7,9-11H,1-5H2,(H,12,13)/t6-,7-,9-/m0/s1. The van der Waals surface area contributed by atoms with Crippen molar-refractivity contribution in [3.63, 3.8) is 0 Å². The molecule has 0 amide bonds. The largest absolute Gasteiger partial charge is 0.481 e. The van der Waals surface area contributed by atoms with E-state index >= 15 is 0 Å². The zero-order valence-electron chi connectivity index (χ0n) is 8.44. The lowest BCUT2D eigenvalue weighted by atomic mass is 10.0. The van der Waals surface area contributed by atoms with Crippen LogP contribution in [0.2, 0.25) is 0 Å². The van der Waals surface area contributed by atoms with E-state index in [0.29, 0.717) is 17.3 Å². The number of aliphatic carboxylic acids is 1. The third-order valence-electron chi connectivity index (χ3n) is 2.86. The maximum atomic E-state index is 10.3. The third kappa shape index (κ3) is 2.84. The van der Waals surface area contributed by atoms with Crippen molar-refractivity contribution in [2.45, 2.75) is 43.0 Å². The van der Waals surface area contributed by atoms with Gasteiger partial charge in [0.25, 0.3) is 0 Å². The average Bonchev–Trinajstić information content (AvgIpc) is 2.74. The molecule has 0 spiro atoms. The van der Waals surface area contributed by atoms with Gasteiger partial charge in [0.2, 0.25) is 0 Å². The number of fused-ring (bicyclic) bond motifs is 1. The van der Waals surface area contributed by atoms with Gasteiger partial charge in [0.1, 0.15) is 0 Å². The Kier molecular flexibility index (Phi) is 3.85. The molecule has 2 heterocycles. The number of rotatable bonds is 5. The molecule has 2 saturated heterocycles. The Balaban J connectivity index is 1.65. The monoisotopic (exact) mass is 232 g/mol. The Labute approximate surface area is 92.8 Å². The quantitative estimate of drug-likeness (QED) is 0.600. The van der Waals surface area contributed by atoms with Crippen molar-refractivity contribution in [1.29, 1.82) is 0 Å². The highest BCUT2D eigenvalue weighted by atomic mass is 32.2. The van der Waals surface area contributed by atoms with Crippen molar-refractivity contribution in [3.8, 4) is 0 Å². The topological polar surface area (TPSA) is 70.6 Å². The molecule has 0 unspecified atom stereocenters. The predicted octanol–water partition coefficient (Wildman–Crippen LogP) is 0.523. The van der Waals surface area contributed by atoms with Gasteiger partial charge in [0.05, 0.1) is 12.1 Å². The molecule has 0 aromatic heterocycles. The van der Waals surface area contributed by atoms with E-state index in [-0.39, 0.29) is 6.42 Å². The summed E-state index contributed by atoms with van der Waals surface area (Å²) in [6.45, 7) is 0. The summed E-state index contributed by atoms with van der Waals surface area (Å²) in [6, 6.07) is 0.805. The Morgan fingerprint density at radius 2 is 2.33 bits per heavy atom. The van der Waals surface area contributed by atoms with Gasteiger partial charge in [0.15, 0.2) is 0 Å². The second-order valence-electron chi connectivity index (χ2n) is 3.98. The van der Waals surface area contributed by atoms with Gasteiger partial charge in [-0.1, -0.05) is 6.42 Å². The van der Waals surface area contributed by atoms with Crippen LogP contribution in [-0.4, -0.2) is 34.2 Å². The minimum atomic E-state index is -0.698. The van der Waals surface area contributed by atoms with Crippen molar-refractivity contribution < 1.29 is 14.8 Å². The van der Waals surface area contributed by atoms with E-state index in [1.54, 1.807) is 0 Å². The van der Waals surface area contributed by atoms with Crippen LogP contribution in [0.25, 0.3) is 0 Å². The average molecular weight is 232 g/mol. The van der Waals surface area contributed by atoms with Gasteiger partial charge < -0.3 is 5.11 Å². The summed E-state index contributed by atoms with van der Waals surface area (Å²) in [5.41, 5.74) is 5.90. The van der Waals surface area contributed by atoms with Crippen molar-refractivity contribution in [2.24, 2.45) is 0 Å². The fraction of sp³-hybridized carbons (Fsp3) is 0.889. The first-order valence-corrected chi connectivity index (χ1v) is 6.32. The molecule has 3 N–H and O–H groups in total. The number of carbonyl (C=O) groups is 1. The highest BCUT2D eigenvalue weighted by molar-refractivity contribution is 8.00. The number of hydrogen-bond acceptors (Lipinski definition) is 5. The van der Waals surface area contributed by atoms with E-state index in [0.717, 1.165) is 25.0 Å². The van der Waals surface area contributed by atoms with E-state index in [9.17, 15) is 4.79 Å². The van der Waals surface area contributed by atoms with Crippen LogP contribution in [-0.2, 0) is 9.73 Å². The Hall–Kier alpha value is -0.300. The molecule has 2 aliphatic rings. The number of unbranched alkanes of at least 4 members (excludes halogenated alkanes) is 1. The summed E-state index contributed by atoms with van der Waals surface area (Å²) in [6.07, 6.45) is 3.11. The molecule has 0 radical (unpaired) electrons. The molecule has 0 aliphatic carbocycles. The van der Waals surface area contributed by atoms with Gasteiger partial charge in [-0.2, -0.15) is 22.7 Å². The van der Waals surface area contributed by atoms with E-state index < -0.39 is 5.97 Å². The highest BCUT2D eigenvalue weighted by Crippen LogP contribution is 2.32. The van der Waals surface area contributed by atoms with Gasteiger partial charge in [-0.25, -0.2) is 4.94 Å². The van der Waals surface area contributed by atoms with Crippen molar-refractivity contribution in [1.82, 2.24) is 11.0 Å². The van der Waals surface area contributed by atoms with Crippen LogP contribution in [0.15, 0.2) is 0 Å². The van der Waals surface area contributed by atoms with Crippen LogP contribution in [0.5, 0.6) is 0 Å². The molecule has 6 heteroatoms. The van der Waals surface area contributed by atoms with Gasteiger partial charge in [-0.05, 0) is 12.8 Å². The van der Waals surface area contributed by atoms with Crippen LogP contribution >= 0.6 is 11.8 Å². The van der Waals surface area contributed by atoms with Gasteiger partial charge in [-0.15, -0.1) is 0 Å². The number of nitrogens with one attached hydrogen (secondary N) is 2. The zero-order valence-corrected chi connectivity index (χ0v) is 9.26. The molecule has 2 aliphatic heterocycles. The Morgan fingerprint density at radius 1 is 1.47 bits per heavy atom. The van der Waals surface area contributed by atoms with Crippen LogP contribution in [0.4, 0.5) is 0 Å². The first-order valence-electron chi connectivity index (χ1n) is 5.27. The lowest BCUT2D eigenvalue weighted by Crippen LogP contribution is -2.36. The van der Waals surface area contributed by atoms with Crippen molar-refractivity contribution >= 4 is 17.7 Å². The molecule has 3 atom stereocenters. The van der Waals surface area contributed by atoms with Crippen LogP contribution in [0.1, 0.15) is 25.7 Å². The molecule has 15 heavy (non-hydrogen) atoms. The van der Waals surface area contributed by atoms with E-state index in [1.807, 2.05) is 11.8 Å². The third-order valence-corrected chi connectivity index (χ3v) is 4.37. The predicted molar refractivity (Wildman–Crippen MR) is 57.3 cm³/mol. The fourth-order valence-corrected chi connectivity index (χ4v) is 3.54. The van der Waals surface area contributed by atoms with Crippen LogP contribution in [0, 0.1) is 0 Å². The number of carboxylic acids is 1. The first kappa shape index (κ1) is 11.2. The van der Waals surface area contributed by atoms with Gasteiger partial charge >= 0.3 is 5.97 Å². The maximum Gasteiger partial charge on any atom is 0.303 e. The second-order valence-corrected chi connectivity index (χ2v) is 5.25. The summed E-state index contributed by atoms with van der Waals surface area (Å²) in [4.78, 5) is 15.3. The van der Waals surface area contributed by atoms with E-state index in [1.165, 1.54) is 0 Å². The molecule has 0 aromatic carbocycles. The molecular formula is C9H16N2O3S. The Morgan fingerprint density at radius 3 is 3.13 bits per heavy atom.